The predicted molar refractivity (Wildman–Crippen MR) is 57.0 cm³/mol. The van der Waals surface area contributed by atoms with Gasteiger partial charge < -0.3 is 4.98 Å². The van der Waals surface area contributed by atoms with Crippen LogP contribution in [0.3, 0.4) is 0 Å². The van der Waals surface area contributed by atoms with E-state index >= 15 is 0 Å². The maximum atomic E-state index is 13.5. The number of pyridine rings is 1. The van der Waals surface area contributed by atoms with Crippen LogP contribution >= 0.6 is 15.9 Å². The molecule has 0 aliphatic heterocycles. The van der Waals surface area contributed by atoms with Crippen molar-refractivity contribution in [1.82, 2.24) is 4.98 Å². The van der Waals surface area contributed by atoms with E-state index in [1.165, 1.54) is 6.07 Å². The molecule has 2 aromatic rings. The van der Waals surface area contributed by atoms with Gasteiger partial charge in [-0.25, -0.2) is 4.39 Å². The van der Waals surface area contributed by atoms with Crippen molar-refractivity contribution < 1.29 is 4.39 Å². The highest BCUT2D eigenvalue weighted by molar-refractivity contribution is 9.10. The molecule has 0 aliphatic rings. The third kappa shape index (κ3) is 1.35. The molecule has 0 saturated heterocycles. The van der Waals surface area contributed by atoms with E-state index in [0.717, 1.165) is 10.9 Å². The van der Waals surface area contributed by atoms with Gasteiger partial charge in [0.1, 0.15) is 0 Å². The van der Waals surface area contributed by atoms with Crippen molar-refractivity contribution in [2.45, 2.75) is 6.92 Å². The second-order valence-corrected chi connectivity index (χ2v) is 3.95. The molecule has 2 rings (SSSR count). The molecule has 1 N–H and O–H groups in total. The molecule has 1 heterocycles. The Hall–Kier alpha value is -1.16. The maximum Gasteiger partial charge on any atom is 0.248 e. The van der Waals surface area contributed by atoms with Gasteiger partial charge in [-0.3, -0.25) is 4.79 Å². The fourth-order valence-corrected chi connectivity index (χ4v) is 1.97. The summed E-state index contributed by atoms with van der Waals surface area (Å²) in [6, 6.07) is 4.71. The van der Waals surface area contributed by atoms with Gasteiger partial charge in [-0.15, -0.1) is 0 Å². The normalized spacial score (nSPS) is 10.8. The monoisotopic (exact) mass is 255 g/mol. The molecule has 0 saturated carbocycles. The lowest BCUT2D eigenvalue weighted by atomic mass is 10.1. The lowest BCUT2D eigenvalue weighted by molar-refractivity contribution is 0.629. The van der Waals surface area contributed by atoms with Crippen molar-refractivity contribution in [3.05, 3.63) is 44.4 Å². The number of benzene rings is 1. The molecular weight excluding hydrogens is 249 g/mol. The third-order valence-electron chi connectivity index (χ3n) is 2.12. The van der Waals surface area contributed by atoms with Crippen molar-refractivity contribution in [1.29, 1.82) is 0 Å². The van der Waals surface area contributed by atoms with E-state index < -0.39 is 5.82 Å². The molecule has 1 aromatic carbocycles. The average molecular weight is 256 g/mol. The van der Waals surface area contributed by atoms with Gasteiger partial charge in [-0.1, -0.05) is 0 Å². The summed E-state index contributed by atoms with van der Waals surface area (Å²) in [4.78, 5) is 13.5. The molecular formula is C10H7BrFNO. The van der Waals surface area contributed by atoms with Gasteiger partial charge in [0.05, 0.1) is 9.99 Å². The molecule has 1 aromatic heterocycles. The number of rotatable bonds is 0. The van der Waals surface area contributed by atoms with Crippen molar-refractivity contribution in [3.8, 4) is 0 Å². The smallest absolute Gasteiger partial charge is 0.248 e. The molecule has 0 aliphatic carbocycles. The van der Waals surface area contributed by atoms with E-state index in [2.05, 4.69) is 20.9 Å². The molecule has 14 heavy (non-hydrogen) atoms. The highest BCUT2D eigenvalue weighted by Crippen LogP contribution is 2.25. The average Bonchev–Trinajstić information content (AvgIpc) is 2.14. The zero-order valence-electron chi connectivity index (χ0n) is 7.40. The van der Waals surface area contributed by atoms with Gasteiger partial charge in [0.2, 0.25) is 5.56 Å². The summed E-state index contributed by atoms with van der Waals surface area (Å²) in [6.07, 6.45) is 0. The quantitative estimate of drug-likeness (QED) is 0.772. The molecule has 0 amide bonds. The van der Waals surface area contributed by atoms with Gasteiger partial charge in [0.25, 0.3) is 0 Å². The third-order valence-corrected chi connectivity index (χ3v) is 2.69. The van der Waals surface area contributed by atoms with Gasteiger partial charge in [-0.05, 0) is 40.5 Å². The van der Waals surface area contributed by atoms with Gasteiger partial charge >= 0.3 is 0 Å². The summed E-state index contributed by atoms with van der Waals surface area (Å²) in [5.41, 5.74) is 0.878. The Morgan fingerprint density at radius 2 is 2.14 bits per heavy atom. The van der Waals surface area contributed by atoms with E-state index in [9.17, 15) is 9.18 Å². The minimum absolute atomic E-state index is 0.254. The molecule has 0 fully saturated rings. The van der Waals surface area contributed by atoms with Crippen molar-refractivity contribution >= 4 is 26.8 Å². The van der Waals surface area contributed by atoms with Crippen LogP contribution in [0.15, 0.2) is 27.5 Å². The summed E-state index contributed by atoms with van der Waals surface area (Å²) >= 11 is 3.09. The largest absolute Gasteiger partial charge is 0.319 e. The first kappa shape index (κ1) is 9.40. The number of halogens is 2. The van der Waals surface area contributed by atoms with Crippen molar-refractivity contribution in [3.63, 3.8) is 0 Å². The summed E-state index contributed by atoms with van der Waals surface area (Å²) in [7, 11) is 0. The first-order valence-electron chi connectivity index (χ1n) is 4.07. The van der Waals surface area contributed by atoms with Crippen LogP contribution in [0.1, 0.15) is 5.56 Å². The van der Waals surface area contributed by atoms with Crippen LogP contribution in [-0.2, 0) is 0 Å². The Balaban J connectivity index is 3.02. The number of hydrogen-bond donors (Lipinski definition) is 1. The zero-order chi connectivity index (χ0) is 10.3. The summed E-state index contributed by atoms with van der Waals surface area (Å²) in [5, 5.41) is 0.727. The van der Waals surface area contributed by atoms with Crippen LogP contribution in [0.25, 0.3) is 10.9 Å². The Morgan fingerprint density at radius 1 is 1.43 bits per heavy atom. The fraction of sp³-hybridized carbons (Fsp3) is 0.100. The van der Waals surface area contributed by atoms with Crippen molar-refractivity contribution in [2.24, 2.45) is 0 Å². The van der Waals surface area contributed by atoms with Crippen LogP contribution in [0.4, 0.5) is 4.39 Å². The van der Waals surface area contributed by atoms with E-state index in [1.54, 1.807) is 12.1 Å². The number of aryl methyl sites for hydroxylation is 1. The van der Waals surface area contributed by atoms with Gasteiger partial charge in [0, 0.05) is 11.5 Å². The Morgan fingerprint density at radius 3 is 2.86 bits per heavy atom. The minimum atomic E-state index is -0.427. The Labute approximate surface area is 87.9 Å². The Kier molecular flexibility index (Phi) is 2.15. The fourth-order valence-electron chi connectivity index (χ4n) is 1.43. The van der Waals surface area contributed by atoms with Crippen LogP contribution in [0.5, 0.6) is 0 Å². The van der Waals surface area contributed by atoms with Crippen molar-refractivity contribution in [2.75, 3.05) is 0 Å². The van der Waals surface area contributed by atoms with Gasteiger partial charge in [0.15, 0.2) is 5.82 Å². The standard InChI is InChI=1S/C10H7BrFNO/c1-5-4-7(11)9(12)10-6(5)2-3-8(14)13-10/h2-4H,1H3,(H,13,14). The molecule has 2 nitrogen and oxygen atoms in total. The van der Waals surface area contributed by atoms with Crippen LogP contribution in [0, 0.1) is 12.7 Å². The summed E-state index contributed by atoms with van der Waals surface area (Å²) in [5.74, 6) is -0.427. The van der Waals surface area contributed by atoms with E-state index in [-0.39, 0.29) is 11.1 Å². The number of aromatic nitrogens is 1. The van der Waals surface area contributed by atoms with Crippen LogP contribution in [0.2, 0.25) is 0 Å². The van der Waals surface area contributed by atoms with E-state index in [0.29, 0.717) is 4.47 Å². The SMILES string of the molecule is Cc1cc(Br)c(F)c2[nH]c(=O)ccc12. The van der Waals surface area contributed by atoms with Crippen LogP contribution in [-0.4, -0.2) is 4.98 Å². The highest BCUT2D eigenvalue weighted by Gasteiger charge is 2.08. The molecule has 0 spiro atoms. The second-order valence-electron chi connectivity index (χ2n) is 3.10. The molecule has 72 valence electrons. The summed E-state index contributed by atoms with van der Waals surface area (Å²) < 4.78 is 13.9. The molecule has 0 unspecified atom stereocenters. The van der Waals surface area contributed by atoms with Crippen LogP contribution < -0.4 is 5.56 Å². The van der Waals surface area contributed by atoms with E-state index in [4.69, 9.17) is 0 Å². The molecule has 0 bridgehead atoms. The number of nitrogens with one attached hydrogen (secondary N) is 1. The maximum absolute atomic E-state index is 13.5. The molecule has 0 radical (unpaired) electrons. The number of H-pyrrole nitrogens is 1. The first-order chi connectivity index (χ1) is 6.59. The number of aromatic amines is 1. The van der Waals surface area contributed by atoms with E-state index in [1.807, 2.05) is 6.92 Å². The molecule has 4 heteroatoms. The lowest BCUT2D eigenvalue weighted by Crippen LogP contribution is -2.04. The lowest BCUT2D eigenvalue weighted by Gasteiger charge is -2.04. The Bertz CT molecular complexity index is 562. The first-order valence-corrected chi connectivity index (χ1v) is 4.86. The summed E-state index contributed by atoms with van der Waals surface area (Å²) in [6.45, 7) is 1.87. The highest BCUT2D eigenvalue weighted by atomic mass is 79.9. The number of hydrogen-bond acceptors (Lipinski definition) is 1. The predicted octanol–water partition coefficient (Wildman–Crippen LogP) is 2.74. The topological polar surface area (TPSA) is 32.9 Å². The zero-order valence-corrected chi connectivity index (χ0v) is 8.98. The number of fused-ring (bicyclic) bond motifs is 1. The van der Waals surface area contributed by atoms with Gasteiger partial charge in [-0.2, -0.15) is 0 Å². The second kappa shape index (κ2) is 3.20. The molecule has 0 atom stereocenters. The minimum Gasteiger partial charge on any atom is -0.319 e.